The molecule has 0 saturated carbocycles. The van der Waals surface area contributed by atoms with Gasteiger partial charge in [-0.05, 0) is 30.9 Å². The maximum Gasteiger partial charge on any atom is 0.146 e. The van der Waals surface area contributed by atoms with E-state index in [2.05, 4.69) is 13.2 Å². The molecule has 0 aliphatic rings. The van der Waals surface area contributed by atoms with Gasteiger partial charge in [0.2, 0.25) is 0 Å². The van der Waals surface area contributed by atoms with Crippen molar-refractivity contribution in [3.8, 4) is 0 Å². The first kappa shape index (κ1) is 13.7. The smallest absolute Gasteiger partial charge is 0.146 e. The van der Waals surface area contributed by atoms with E-state index < -0.39 is 0 Å². The Kier molecular flexibility index (Phi) is 5.42. The lowest BCUT2D eigenvalue weighted by Crippen LogP contribution is -2.31. The molecule has 0 amide bonds. The van der Waals surface area contributed by atoms with Gasteiger partial charge in [-0.15, -0.1) is 11.6 Å². The number of hydrogen-bond donors (Lipinski definition) is 0. The number of hydrogen-bond acceptors (Lipinski definition) is 2. The van der Waals surface area contributed by atoms with Crippen LogP contribution >= 0.6 is 23.4 Å². The molecular formula is C12H17ClFNS. The number of nitrogens with zero attached hydrogens (tertiary/aromatic N) is 1. The fourth-order valence-corrected chi connectivity index (χ4v) is 2.38. The molecule has 0 aliphatic heterocycles. The normalized spacial score (nSPS) is 12.6. The van der Waals surface area contributed by atoms with Crippen molar-refractivity contribution >= 4 is 29.1 Å². The molecule has 0 aliphatic carbocycles. The molecule has 0 radical (unpaired) electrons. The Labute approximate surface area is 106 Å². The molecule has 0 N–H and O–H groups in total. The third-order valence-corrected chi connectivity index (χ3v) is 3.74. The van der Waals surface area contributed by atoms with Crippen LogP contribution in [0.1, 0.15) is 12.5 Å². The van der Waals surface area contributed by atoms with Gasteiger partial charge in [-0.1, -0.05) is 6.07 Å². The van der Waals surface area contributed by atoms with Gasteiger partial charge in [0, 0.05) is 24.7 Å². The van der Waals surface area contributed by atoms with E-state index in [-0.39, 0.29) is 5.82 Å². The van der Waals surface area contributed by atoms with Crippen LogP contribution in [-0.2, 0) is 5.88 Å². The van der Waals surface area contributed by atoms with Crippen molar-refractivity contribution in [2.45, 2.75) is 18.8 Å². The predicted molar refractivity (Wildman–Crippen MR) is 72.2 cm³/mol. The Morgan fingerprint density at radius 1 is 1.50 bits per heavy atom. The second-order valence-electron chi connectivity index (χ2n) is 3.83. The largest absolute Gasteiger partial charge is 0.369 e. The van der Waals surface area contributed by atoms with Crippen molar-refractivity contribution in [2.24, 2.45) is 0 Å². The number of alkyl halides is 1. The van der Waals surface area contributed by atoms with Crippen molar-refractivity contribution in [1.82, 2.24) is 0 Å². The van der Waals surface area contributed by atoms with Crippen LogP contribution in [0.5, 0.6) is 0 Å². The molecule has 0 aromatic heterocycles. The molecule has 90 valence electrons. The van der Waals surface area contributed by atoms with Crippen LogP contribution in [0.15, 0.2) is 18.2 Å². The van der Waals surface area contributed by atoms with E-state index in [0.29, 0.717) is 17.6 Å². The van der Waals surface area contributed by atoms with Gasteiger partial charge < -0.3 is 4.90 Å². The molecule has 1 rings (SSSR count). The molecule has 0 fully saturated rings. The topological polar surface area (TPSA) is 3.24 Å². The second kappa shape index (κ2) is 6.36. The number of rotatable bonds is 5. The highest BCUT2D eigenvalue weighted by Gasteiger charge is 2.13. The lowest BCUT2D eigenvalue weighted by Gasteiger charge is -2.27. The van der Waals surface area contributed by atoms with Crippen molar-refractivity contribution in [1.29, 1.82) is 0 Å². The van der Waals surface area contributed by atoms with E-state index in [1.165, 1.54) is 6.07 Å². The molecule has 4 heteroatoms. The number of thioether (sulfide) groups is 1. The standard InChI is InChI=1S/C12H17ClFNS/c1-9(8-16-3)15(2)12-5-4-10(7-13)6-11(12)14/h4-6,9H,7-8H2,1-3H3. The quantitative estimate of drug-likeness (QED) is 0.743. The molecule has 1 unspecified atom stereocenters. The van der Waals surface area contributed by atoms with Gasteiger partial charge >= 0.3 is 0 Å². The molecule has 0 heterocycles. The van der Waals surface area contributed by atoms with Gasteiger partial charge in [0.05, 0.1) is 5.69 Å². The Hall–Kier alpha value is -0.410. The Morgan fingerprint density at radius 3 is 2.69 bits per heavy atom. The maximum atomic E-state index is 13.8. The molecule has 0 spiro atoms. The molecular weight excluding hydrogens is 245 g/mol. The first-order valence-corrected chi connectivity index (χ1v) is 7.09. The van der Waals surface area contributed by atoms with Crippen molar-refractivity contribution in [3.63, 3.8) is 0 Å². The lowest BCUT2D eigenvalue weighted by atomic mass is 10.2. The van der Waals surface area contributed by atoms with Gasteiger partial charge in [-0.25, -0.2) is 4.39 Å². The summed E-state index contributed by atoms with van der Waals surface area (Å²) >= 11 is 7.42. The minimum Gasteiger partial charge on any atom is -0.369 e. The van der Waals surface area contributed by atoms with Crippen LogP contribution in [0.3, 0.4) is 0 Å². The average Bonchev–Trinajstić information content (AvgIpc) is 2.28. The molecule has 0 bridgehead atoms. The van der Waals surface area contributed by atoms with Gasteiger partial charge in [0.15, 0.2) is 0 Å². The van der Waals surface area contributed by atoms with E-state index >= 15 is 0 Å². The van der Waals surface area contributed by atoms with E-state index in [1.54, 1.807) is 17.8 Å². The Bertz CT molecular complexity index is 346. The van der Waals surface area contributed by atoms with Crippen LogP contribution in [0, 0.1) is 5.82 Å². The second-order valence-corrected chi connectivity index (χ2v) is 5.01. The molecule has 0 saturated heterocycles. The number of anilines is 1. The van der Waals surface area contributed by atoms with Crippen molar-refractivity contribution < 1.29 is 4.39 Å². The van der Waals surface area contributed by atoms with E-state index in [1.807, 2.05) is 18.0 Å². The minimum absolute atomic E-state index is 0.200. The van der Waals surface area contributed by atoms with Gasteiger partial charge in [0.25, 0.3) is 0 Å². The fourth-order valence-electron chi connectivity index (χ4n) is 1.51. The predicted octanol–water partition coefficient (Wildman–Crippen LogP) is 3.75. The molecule has 1 aromatic carbocycles. The zero-order valence-electron chi connectivity index (χ0n) is 9.84. The summed E-state index contributed by atoms with van der Waals surface area (Å²) in [7, 11) is 1.92. The zero-order chi connectivity index (χ0) is 12.1. The SMILES string of the molecule is CSCC(C)N(C)c1ccc(CCl)cc1F. The van der Waals surface area contributed by atoms with Crippen LogP contribution < -0.4 is 4.90 Å². The molecule has 16 heavy (non-hydrogen) atoms. The van der Waals surface area contributed by atoms with E-state index in [0.717, 1.165) is 11.3 Å². The number of halogens is 2. The van der Waals surface area contributed by atoms with Gasteiger partial charge in [-0.3, -0.25) is 0 Å². The maximum absolute atomic E-state index is 13.8. The summed E-state index contributed by atoms with van der Waals surface area (Å²) in [5, 5.41) is 0. The average molecular weight is 262 g/mol. The third kappa shape index (κ3) is 3.29. The lowest BCUT2D eigenvalue weighted by molar-refractivity contribution is 0.613. The summed E-state index contributed by atoms with van der Waals surface area (Å²) in [6, 6.07) is 5.48. The monoisotopic (exact) mass is 261 g/mol. The molecule has 1 atom stereocenters. The van der Waals surface area contributed by atoms with Crippen LogP contribution in [-0.4, -0.2) is 25.1 Å². The van der Waals surface area contributed by atoms with Gasteiger partial charge in [-0.2, -0.15) is 11.8 Å². The first-order chi connectivity index (χ1) is 7.60. The van der Waals surface area contributed by atoms with Crippen LogP contribution in [0.25, 0.3) is 0 Å². The summed E-state index contributed by atoms with van der Waals surface area (Å²) in [6.07, 6.45) is 2.05. The molecule has 1 aromatic rings. The summed E-state index contributed by atoms with van der Waals surface area (Å²) in [5.41, 5.74) is 1.45. The third-order valence-electron chi connectivity index (χ3n) is 2.62. The minimum atomic E-state index is -0.200. The summed E-state index contributed by atoms with van der Waals surface area (Å²) in [4.78, 5) is 1.96. The Morgan fingerprint density at radius 2 is 2.19 bits per heavy atom. The Balaban J connectivity index is 2.87. The summed E-state index contributed by atoms with van der Waals surface area (Å²) in [6.45, 7) is 2.09. The molecule has 1 nitrogen and oxygen atoms in total. The van der Waals surface area contributed by atoms with Crippen LogP contribution in [0.4, 0.5) is 10.1 Å². The summed E-state index contributed by atoms with van der Waals surface area (Å²) in [5.74, 6) is 1.13. The first-order valence-electron chi connectivity index (χ1n) is 5.16. The zero-order valence-corrected chi connectivity index (χ0v) is 11.4. The highest BCUT2D eigenvalue weighted by molar-refractivity contribution is 7.98. The number of benzene rings is 1. The van der Waals surface area contributed by atoms with Crippen molar-refractivity contribution in [2.75, 3.05) is 24.0 Å². The van der Waals surface area contributed by atoms with Crippen molar-refractivity contribution in [3.05, 3.63) is 29.6 Å². The van der Waals surface area contributed by atoms with E-state index in [9.17, 15) is 4.39 Å². The highest BCUT2D eigenvalue weighted by Crippen LogP contribution is 2.22. The summed E-state index contributed by atoms with van der Waals surface area (Å²) < 4.78 is 13.8. The van der Waals surface area contributed by atoms with Gasteiger partial charge in [0.1, 0.15) is 5.82 Å². The van der Waals surface area contributed by atoms with Crippen LogP contribution in [0.2, 0.25) is 0 Å². The highest BCUT2D eigenvalue weighted by atomic mass is 35.5. The fraction of sp³-hybridized carbons (Fsp3) is 0.500. The van der Waals surface area contributed by atoms with E-state index in [4.69, 9.17) is 11.6 Å².